The highest BCUT2D eigenvalue weighted by atomic mass is 16.3. The Bertz CT molecular complexity index is 1330. The molecular weight excluding hydrogens is 370 g/mol. The Balaban J connectivity index is 1.94. The van der Waals surface area contributed by atoms with Crippen LogP contribution in [0.4, 0.5) is 5.82 Å². The smallest absolute Gasteiger partial charge is 0.508 e. The van der Waals surface area contributed by atoms with Gasteiger partial charge in [0.05, 0.1) is 11.5 Å². The Morgan fingerprint density at radius 3 is 2.48 bits per heavy atom. The van der Waals surface area contributed by atoms with Crippen molar-refractivity contribution in [1.82, 2.24) is 4.57 Å². The van der Waals surface area contributed by atoms with E-state index in [0.29, 0.717) is 33.8 Å². The summed E-state index contributed by atoms with van der Waals surface area (Å²) in [7, 11) is 3.16. The molecule has 1 atom stereocenters. The van der Waals surface area contributed by atoms with E-state index >= 15 is 0 Å². The van der Waals surface area contributed by atoms with E-state index in [4.69, 9.17) is 0 Å². The zero-order chi connectivity index (χ0) is 20.4. The predicted molar refractivity (Wildman–Crippen MR) is 105 cm³/mol. The van der Waals surface area contributed by atoms with Gasteiger partial charge in [0.2, 0.25) is 0 Å². The van der Waals surface area contributed by atoms with Gasteiger partial charge in [-0.25, -0.2) is 9.79 Å². The summed E-state index contributed by atoms with van der Waals surface area (Å²) in [4.78, 5) is 16.5. The first kappa shape index (κ1) is 17.2. The number of aromatic nitrogens is 2. The van der Waals surface area contributed by atoms with Gasteiger partial charge in [-0.2, -0.15) is 0 Å². The first-order valence-corrected chi connectivity index (χ1v) is 9.18. The number of rotatable bonds is 1. The second-order valence-electron chi connectivity index (χ2n) is 7.32. The van der Waals surface area contributed by atoms with Crippen LogP contribution >= 0.6 is 0 Å². The molecule has 7 nitrogen and oxygen atoms in total. The molecule has 1 aliphatic heterocycles. The summed E-state index contributed by atoms with van der Waals surface area (Å²) in [6.45, 7) is 0. The highest BCUT2D eigenvalue weighted by molar-refractivity contribution is 6.21. The molecule has 5 rings (SSSR count). The monoisotopic (exact) mass is 389 g/mol. The topological polar surface area (TPSA) is 101 Å². The van der Waals surface area contributed by atoms with Crippen molar-refractivity contribution < 1.29 is 24.9 Å². The maximum atomic E-state index is 13.2. The molecule has 2 aromatic carbocycles. The Morgan fingerprint density at radius 1 is 1.03 bits per heavy atom. The van der Waals surface area contributed by atoms with E-state index < -0.39 is 5.92 Å². The number of allylic oxidation sites excluding steroid dienone is 1. The van der Waals surface area contributed by atoms with Gasteiger partial charge < -0.3 is 15.3 Å². The third-order valence-corrected chi connectivity index (χ3v) is 5.73. The van der Waals surface area contributed by atoms with Gasteiger partial charge in [-0.3, -0.25) is 0 Å². The van der Waals surface area contributed by atoms with Crippen molar-refractivity contribution in [3.8, 4) is 11.8 Å². The average Bonchev–Trinajstić information content (AvgIpc) is 3.01. The Morgan fingerprint density at radius 2 is 1.76 bits per heavy atom. The predicted octanol–water partition coefficient (Wildman–Crippen LogP) is 0.251. The van der Waals surface area contributed by atoms with Crippen molar-refractivity contribution >= 4 is 17.3 Å². The van der Waals surface area contributed by atoms with Crippen LogP contribution in [-0.2, 0) is 14.1 Å². The summed E-state index contributed by atoms with van der Waals surface area (Å²) in [5.41, 5.74) is 3.42. The van der Waals surface area contributed by atoms with Gasteiger partial charge in [0.25, 0.3) is 0 Å². The van der Waals surface area contributed by atoms with Crippen molar-refractivity contribution in [2.24, 2.45) is 14.1 Å². The van der Waals surface area contributed by atoms with Crippen molar-refractivity contribution in [3.63, 3.8) is 0 Å². The lowest BCUT2D eigenvalue weighted by molar-refractivity contribution is -0.723. The zero-order valence-corrected chi connectivity index (χ0v) is 15.8. The highest BCUT2D eigenvalue weighted by Gasteiger charge is 2.47. The number of aliphatic hydroxyl groups is 1. The second-order valence-corrected chi connectivity index (χ2v) is 7.32. The van der Waals surface area contributed by atoms with Crippen LogP contribution in [-0.4, -0.2) is 25.6 Å². The largest absolute Gasteiger partial charge is 0.519 e. The molecule has 144 valence electrons. The van der Waals surface area contributed by atoms with Gasteiger partial charge in [0.15, 0.2) is 11.3 Å². The summed E-state index contributed by atoms with van der Waals surface area (Å²) in [6, 6.07) is 13.9. The fourth-order valence-electron chi connectivity index (χ4n) is 4.32. The van der Waals surface area contributed by atoms with Crippen molar-refractivity contribution in [2.75, 3.05) is 0 Å². The Hall–Kier alpha value is -3.87. The molecule has 0 radical (unpaired) electrons. The Labute approximate surface area is 165 Å². The van der Waals surface area contributed by atoms with E-state index in [0.717, 1.165) is 5.56 Å². The van der Waals surface area contributed by atoms with Crippen LogP contribution in [0.2, 0.25) is 0 Å². The lowest BCUT2D eigenvalue weighted by Gasteiger charge is -2.21. The Kier molecular flexibility index (Phi) is 3.46. The quantitative estimate of drug-likeness (QED) is 0.448. The van der Waals surface area contributed by atoms with E-state index in [-0.39, 0.29) is 23.1 Å². The van der Waals surface area contributed by atoms with Gasteiger partial charge in [0.1, 0.15) is 25.6 Å². The summed E-state index contributed by atoms with van der Waals surface area (Å²) in [5.74, 6) is -0.00645. The number of phenols is 1. The van der Waals surface area contributed by atoms with Gasteiger partial charge in [-0.05, 0) is 23.8 Å². The molecule has 7 heteroatoms. The molecule has 4 N–H and O–H groups in total. The molecule has 0 spiro atoms. The number of hydrogen-bond acceptors (Lipinski definition) is 4. The van der Waals surface area contributed by atoms with Gasteiger partial charge in [0, 0.05) is 11.1 Å². The van der Waals surface area contributed by atoms with Crippen LogP contribution in [0.1, 0.15) is 28.2 Å². The average molecular weight is 389 g/mol. The van der Waals surface area contributed by atoms with Gasteiger partial charge in [-0.15, -0.1) is 9.13 Å². The molecule has 29 heavy (non-hydrogen) atoms. The standard InChI is InChI=1S/C22H17N3O4/c1-24-20-17(21(28)25(2)22(24)29)15(11-6-5-7-12(26)10-11)16-18(23-20)13-8-3-4-9-14(13)19(16)27/h3-10,15H,1-2H3,(H2,23,26,27,28)/p+2. The first-order valence-electron chi connectivity index (χ1n) is 9.18. The lowest BCUT2D eigenvalue weighted by atomic mass is 9.81. The second kappa shape index (κ2) is 5.81. The number of phenolic OH excluding ortho intramolecular Hbond substituents is 1. The van der Waals surface area contributed by atoms with Crippen LogP contribution < -0.4 is 15.1 Å². The molecule has 0 saturated heterocycles. The summed E-state index contributed by atoms with van der Waals surface area (Å²) in [5, 5.41) is 31.6. The molecule has 0 fully saturated rings. The van der Waals surface area contributed by atoms with E-state index in [2.05, 4.69) is 4.99 Å². The molecule has 1 aromatic heterocycles. The number of aliphatic hydroxyl groups excluding tert-OH is 1. The zero-order valence-electron chi connectivity index (χ0n) is 15.8. The minimum Gasteiger partial charge on any atom is -0.508 e. The van der Waals surface area contributed by atoms with Crippen LogP contribution in [0.5, 0.6) is 11.8 Å². The van der Waals surface area contributed by atoms with Crippen LogP contribution in [0.25, 0.3) is 5.76 Å². The number of nitrogens with zero attached hydrogens (tertiary/aromatic N) is 2. The maximum Gasteiger partial charge on any atom is 0.519 e. The summed E-state index contributed by atoms with van der Waals surface area (Å²) >= 11 is 0. The number of nitrogens with one attached hydrogen (secondary N) is 1. The molecule has 2 aliphatic rings. The van der Waals surface area contributed by atoms with E-state index in [1.54, 1.807) is 25.2 Å². The minimum absolute atomic E-state index is 0.0692. The summed E-state index contributed by atoms with van der Waals surface area (Å²) < 4.78 is 2.68. The van der Waals surface area contributed by atoms with Crippen molar-refractivity contribution in [1.29, 1.82) is 0 Å². The summed E-state index contributed by atoms with van der Waals surface area (Å²) in [6.07, 6.45) is 0. The van der Waals surface area contributed by atoms with Crippen molar-refractivity contribution in [2.45, 2.75) is 5.92 Å². The van der Waals surface area contributed by atoms with Crippen molar-refractivity contribution in [3.05, 3.63) is 86.7 Å². The van der Waals surface area contributed by atoms with Gasteiger partial charge in [-0.1, -0.05) is 30.3 Å². The van der Waals surface area contributed by atoms with Crippen LogP contribution in [0, 0.1) is 0 Å². The van der Waals surface area contributed by atoms with Crippen LogP contribution in [0.3, 0.4) is 0 Å². The fraction of sp³-hybridized carbons (Fsp3) is 0.136. The molecule has 1 aliphatic carbocycles. The third-order valence-electron chi connectivity index (χ3n) is 5.73. The third kappa shape index (κ3) is 2.21. The number of benzene rings is 2. The SMILES string of the molecule is Cn1c(O)[n+](C)c2c(c1=O)C(c1cccc(O)c1)C1=C(O)c3ccccc3C1=[NH+]2. The first-order chi connectivity index (χ1) is 13.9. The normalized spacial score (nSPS) is 16.9. The fourth-order valence-corrected chi connectivity index (χ4v) is 4.32. The molecule has 0 amide bonds. The van der Waals surface area contributed by atoms with E-state index in [1.165, 1.54) is 16.2 Å². The highest BCUT2D eigenvalue weighted by Crippen LogP contribution is 2.43. The number of hydrogen-bond donors (Lipinski definition) is 4. The molecule has 3 aromatic rings. The molecule has 2 heterocycles. The molecular formula is C22H19N3O4+2. The maximum absolute atomic E-state index is 13.2. The molecule has 0 saturated carbocycles. The molecule has 0 bridgehead atoms. The lowest BCUT2D eigenvalue weighted by Crippen LogP contribution is -2.75. The van der Waals surface area contributed by atoms with E-state index in [1.807, 2.05) is 30.3 Å². The molecule has 1 unspecified atom stereocenters. The minimum atomic E-state index is -0.619. The number of aromatic hydroxyl groups is 2. The van der Waals surface area contributed by atoms with Gasteiger partial charge >= 0.3 is 17.4 Å². The van der Waals surface area contributed by atoms with E-state index in [9.17, 15) is 20.1 Å². The number of fused-ring (bicyclic) bond motifs is 4. The van der Waals surface area contributed by atoms with Crippen LogP contribution in [0.15, 0.2) is 58.9 Å².